The van der Waals surface area contributed by atoms with Crippen molar-refractivity contribution >= 4 is 46.7 Å². The number of carbonyl (C=O) groups excluding carboxylic acids is 1. The Hall–Kier alpha value is -0.540. The molecule has 1 aromatic rings. The largest absolute Gasteiger partial charge is 0.388 e. The highest BCUT2D eigenvalue weighted by Gasteiger charge is 2.31. The molecule has 2 nitrogen and oxygen atoms in total. The maximum Gasteiger partial charge on any atom is 0.216 e. The van der Waals surface area contributed by atoms with E-state index in [-0.39, 0.29) is 12.2 Å². The van der Waals surface area contributed by atoms with Crippen LogP contribution in [0.3, 0.4) is 0 Å². The first kappa shape index (κ1) is 14.5. The van der Waals surface area contributed by atoms with Crippen molar-refractivity contribution in [1.29, 1.82) is 0 Å². The van der Waals surface area contributed by atoms with Gasteiger partial charge in [-0.15, -0.1) is 0 Å². The fourth-order valence-electron chi connectivity index (χ4n) is 1.13. The molecular weight excluding hydrogens is 282 g/mol. The van der Waals surface area contributed by atoms with Crippen molar-refractivity contribution in [2.45, 2.75) is 16.3 Å². The number of aliphatic hydroxyl groups excluding tert-OH is 1. The predicted octanol–water partition coefficient (Wildman–Crippen LogP) is 3.39. The Balaban J connectivity index is 2.54. The van der Waals surface area contributed by atoms with Crippen LogP contribution in [0, 0.1) is 0 Å². The molecule has 0 aliphatic heterocycles. The van der Waals surface area contributed by atoms with Crippen LogP contribution in [0.1, 0.15) is 12.0 Å². The standard InChI is InChI=1S/C12H11Cl3O2/c13-12(14,15)11(17)8-10(16)7-6-9-4-2-1-3-5-9/h1-7,11,17H,8H2. The highest BCUT2D eigenvalue weighted by atomic mass is 35.6. The topological polar surface area (TPSA) is 37.3 Å². The first-order chi connectivity index (χ1) is 7.89. The van der Waals surface area contributed by atoms with E-state index in [1.54, 1.807) is 6.08 Å². The van der Waals surface area contributed by atoms with Gasteiger partial charge >= 0.3 is 0 Å². The van der Waals surface area contributed by atoms with Gasteiger partial charge in [-0.25, -0.2) is 0 Å². The number of benzene rings is 1. The Morgan fingerprint density at radius 3 is 2.41 bits per heavy atom. The van der Waals surface area contributed by atoms with Crippen LogP contribution in [0.4, 0.5) is 0 Å². The minimum atomic E-state index is -1.84. The first-order valence-corrected chi connectivity index (χ1v) is 6.04. The normalized spacial score (nSPS) is 13.9. The van der Waals surface area contributed by atoms with Gasteiger partial charge in [0, 0.05) is 6.42 Å². The number of hydrogen-bond donors (Lipinski definition) is 1. The summed E-state index contributed by atoms with van der Waals surface area (Å²) in [4.78, 5) is 11.5. The zero-order valence-electron chi connectivity index (χ0n) is 8.82. The van der Waals surface area contributed by atoms with E-state index in [2.05, 4.69) is 0 Å². The van der Waals surface area contributed by atoms with Crippen molar-refractivity contribution in [2.24, 2.45) is 0 Å². The van der Waals surface area contributed by atoms with Crippen molar-refractivity contribution in [3.8, 4) is 0 Å². The predicted molar refractivity (Wildman–Crippen MR) is 71.4 cm³/mol. The number of alkyl halides is 3. The zero-order chi connectivity index (χ0) is 12.9. The van der Waals surface area contributed by atoms with Crippen molar-refractivity contribution in [3.05, 3.63) is 42.0 Å². The quantitative estimate of drug-likeness (QED) is 0.682. The molecule has 0 bridgehead atoms. The molecule has 0 amide bonds. The molecule has 1 unspecified atom stereocenters. The number of hydrogen-bond acceptors (Lipinski definition) is 2. The molecule has 0 saturated heterocycles. The van der Waals surface area contributed by atoms with Crippen LogP contribution >= 0.6 is 34.8 Å². The van der Waals surface area contributed by atoms with E-state index < -0.39 is 9.90 Å². The van der Waals surface area contributed by atoms with E-state index in [9.17, 15) is 9.90 Å². The lowest BCUT2D eigenvalue weighted by molar-refractivity contribution is -0.116. The third kappa shape index (κ3) is 5.55. The van der Waals surface area contributed by atoms with Crippen LogP contribution in [-0.4, -0.2) is 20.8 Å². The third-order valence-corrected chi connectivity index (χ3v) is 2.79. The molecule has 17 heavy (non-hydrogen) atoms. The maximum absolute atomic E-state index is 11.5. The van der Waals surface area contributed by atoms with Crippen LogP contribution in [0.25, 0.3) is 6.08 Å². The molecule has 1 atom stereocenters. The van der Waals surface area contributed by atoms with E-state index in [1.165, 1.54) is 6.08 Å². The van der Waals surface area contributed by atoms with Gasteiger partial charge in [0.25, 0.3) is 0 Å². The number of aliphatic hydroxyl groups is 1. The van der Waals surface area contributed by atoms with E-state index in [0.29, 0.717) is 0 Å². The highest BCUT2D eigenvalue weighted by molar-refractivity contribution is 6.68. The second-order valence-corrected chi connectivity index (χ2v) is 5.84. The van der Waals surface area contributed by atoms with Gasteiger partial charge < -0.3 is 5.11 Å². The molecule has 0 spiro atoms. The molecule has 92 valence electrons. The smallest absolute Gasteiger partial charge is 0.216 e. The molecule has 1 N–H and O–H groups in total. The van der Waals surface area contributed by atoms with E-state index in [0.717, 1.165) is 5.56 Å². The highest BCUT2D eigenvalue weighted by Crippen LogP contribution is 2.31. The van der Waals surface area contributed by atoms with Crippen LogP contribution in [0.15, 0.2) is 36.4 Å². The summed E-state index contributed by atoms with van der Waals surface area (Å²) in [6.07, 6.45) is 1.47. The van der Waals surface area contributed by atoms with Gasteiger partial charge in [0.15, 0.2) is 5.78 Å². The van der Waals surface area contributed by atoms with E-state index in [1.807, 2.05) is 30.3 Å². The lowest BCUT2D eigenvalue weighted by atomic mass is 10.1. The Morgan fingerprint density at radius 1 is 1.29 bits per heavy atom. The molecule has 1 rings (SSSR count). The van der Waals surface area contributed by atoms with Crippen molar-refractivity contribution in [1.82, 2.24) is 0 Å². The van der Waals surface area contributed by atoms with Gasteiger partial charge in [-0.3, -0.25) is 4.79 Å². The minimum Gasteiger partial charge on any atom is -0.388 e. The fraction of sp³-hybridized carbons (Fsp3) is 0.250. The van der Waals surface area contributed by atoms with Crippen molar-refractivity contribution in [3.63, 3.8) is 0 Å². The van der Waals surface area contributed by atoms with Crippen molar-refractivity contribution in [2.75, 3.05) is 0 Å². The van der Waals surface area contributed by atoms with Gasteiger partial charge in [-0.2, -0.15) is 0 Å². The lowest BCUT2D eigenvalue weighted by Gasteiger charge is -2.16. The summed E-state index contributed by atoms with van der Waals surface area (Å²) >= 11 is 16.3. The van der Waals surface area contributed by atoms with Gasteiger partial charge in [0.1, 0.15) is 6.10 Å². The SMILES string of the molecule is O=C(C=Cc1ccccc1)CC(O)C(Cl)(Cl)Cl. The van der Waals surface area contributed by atoms with Crippen molar-refractivity contribution < 1.29 is 9.90 Å². The second-order valence-electron chi connectivity index (χ2n) is 3.47. The molecular formula is C12H11Cl3O2. The number of rotatable bonds is 4. The monoisotopic (exact) mass is 292 g/mol. The number of allylic oxidation sites excluding steroid dienone is 1. The molecule has 0 fully saturated rings. The van der Waals surface area contributed by atoms with Gasteiger partial charge in [0.05, 0.1) is 0 Å². The molecule has 0 aliphatic rings. The summed E-state index contributed by atoms with van der Waals surface area (Å²) < 4.78 is -1.84. The van der Waals surface area contributed by atoms with Crippen LogP contribution < -0.4 is 0 Å². The third-order valence-electron chi connectivity index (χ3n) is 2.03. The summed E-state index contributed by atoms with van der Waals surface area (Å²) in [5.41, 5.74) is 0.893. The van der Waals surface area contributed by atoms with Crippen LogP contribution in [0.2, 0.25) is 0 Å². The average molecular weight is 294 g/mol. The second kappa shape index (κ2) is 6.41. The molecule has 0 saturated carbocycles. The Bertz CT molecular complexity index is 396. The lowest BCUT2D eigenvalue weighted by Crippen LogP contribution is -2.27. The molecule has 0 aliphatic carbocycles. The van der Waals surface area contributed by atoms with Crippen LogP contribution in [0.5, 0.6) is 0 Å². The Kier molecular flexibility index (Phi) is 5.47. The molecule has 5 heteroatoms. The number of ketones is 1. The summed E-state index contributed by atoms with van der Waals surface area (Å²) in [6.45, 7) is 0. The Morgan fingerprint density at radius 2 is 1.88 bits per heavy atom. The summed E-state index contributed by atoms with van der Waals surface area (Å²) in [7, 11) is 0. The first-order valence-electron chi connectivity index (χ1n) is 4.90. The minimum absolute atomic E-state index is 0.222. The molecule has 0 heterocycles. The summed E-state index contributed by atoms with van der Waals surface area (Å²) in [5.74, 6) is -0.298. The maximum atomic E-state index is 11.5. The van der Waals surface area contributed by atoms with E-state index in [4.69, 9.17) is 34.8 Å². The molecule has 1 aromatic carbocycles. The zero-order valence-corrected chi connectivity index (χ0v) is 11.1. The average Bonchev–Trinajstić information content (AvgIpc) is 2.26. The van der Waals surface area contributed by atoms with Gasteiger partial charge in [-0.1, -0.05) is 71.2 Å². The number of halogens is 3. The fourth-order valence-corrected chi connectivity index (χ4v) is 1.36. The molecule has 0 radical (unpaired) electrons. The molecule has 0 aromatic heterocycles. The summed E-state index contributed by atoms with van der Waals surface area (Å²) in [6, 6.07) is 9.32. The van der Waals surface area contributed by atoms with E-state index >= 15 is 0 Å². The summed E-state index contributed by atoms with van der Waals surface area (Å²) in [5, 5.41) is 9.40. The van der Waals surface area contributed by atoms with Gasteiger partial charge in [-0.05, 0) is 11.6 Å². The van der Waals surface area contributed by atoms with Gasteiger partial charge in [0.2, 0.25) is 3.79 Å². The Labute approximate surface area is 115 Å². The number of carbonyl (C=O) groups is 1. The van der Waals surface area contributed by atoms with Crippen LogP contribution in [-0.2, 0) is 4.79 Å².